The van der Waals surface area contributed by atoms with Crippen LogP contribution in [0, 0.1) is 17.1 Å². The highest BCUT2D eigenvalue weighted by molar-refractivity contribution is 5.79. The van der Waals surface area contributed by atoms with Crippen molar-refractivity contribution in [3.8, 4) is 6.07 Å². The first-order chi connectivity index (χ1) is 15.6. The van der Waals surface area contributed by atoms with Crippen LogP contribution in [0.1, 0.15) is 17.0 Å². The number of aromatic nitrogens is 4. The lowest BCUT2D eigenvalue weighted by molar-refractivity contribution is 0.618. The van der Waals surface area contributed by atoms with Crippen molar-refractivity contribution in [2.24, 2.45) is 0 Å². The molecule has 0 saturated heterocycles. The molecule has 3 aromatic carbocycles. The number of para-hydroxylation sites is 4. The molecule has 0 bridgehead atoms. The number of nitriles is 1. The Morgan fingerprint density at radius 2 is 1.62 bits per heavy atom. The van der Waals surface area contributed by atoms with E-state index in [0.717, 1.165) is 22.1 Å². The van der Waals surface area contributed by atoms with E-state index in [1.165, 1.54) is 12.1 Å². The Morgan fingerprint density at radius 3 is 2.28 bits per heavy atom. The first kappa shape index (κ1) is 19.5. The fourth-order valence-corrected chi connectivity index (χ4v) is 4.06. The summed E-state index contributed by atoms with van der Waals surface area (Å²) >= 11 is 0. The molecule has 0 radical (unpaired) electrons. The van der Waals surface area contributed by atoms with Crippen molar-refractivity contribution in [2.45, 2.75) is 13.1 Å². The van der Waals surface area contributed by atoms with Crippen molar-refractivity contribution >= 4 is 28.3 Å². The van der Waals surface area contributed by atoms with E-state index in [-0.39, 0.29) is 24.3 Å². The van der Waals surface area contributed by atoms with E-state index in [0.29, 0.717) is 11.4 Å². The van der Waals surface area contributed by atoms with Crippen molar-refractivity contribution in [3.63, 3.8) is 0 Å². The van der Waals surface area contributed by atoms with Crippen LogP contribution >= 0.6 is 0 Å². The summed E-state index contributed by atoms with van der Waals surface area (Å²) in [5.74, 6) is 0.0945. The van der Waals surface area contributed by atoms with Crippen LogP contribution in [0.3, 0.4) is 0 Å². The van der Waals surface area contributed by atoms with Gasteiger partial charge >= 0.3 is 5.69 Å². The summed E-state index contributed by atoms with van der Waals surface area (Å²) in [7, 11) is 0. The number of fused-ring (bicyclic) bond motifs is 2. The van der Waals surface area contributed by atoms with Crippen LogP contribution in [0.15, 0.2) is 78.1 Å². The van der Waals surface area contributed by atoms with Gasteiger partial charge in [0, 0.05) is 6.20 Å². The van der Waals surface area contributed by atoms with Gasteiger partial charge in [0.1, 0.15) is 17.7 Å². The minimum atomic E-state index is -0.596. The molecule has 2 heterocycles. The first-order valence-electron chi connectivity index (χ1n) is 10.1. The molecule has 5 rings (SSSR count). The molecule has 32 heavy (non-hydrogen) atoms. The molecule has 0 atom stereocenters. The van der Waals surface area contributed by atoms with Gasteiger partial charge in [-0.1, -0.05) is 36.9 Å². The van der Waals surface area contributed by atoms with E-state index in [9.17, 15) is 9.18 Å². The summed E-state index contributed by atoms with van der Waals surface area (Å²) in [6, 6.07) is 21.4. The molecular weight excluding hydrogens is 405 g/mol. The molecular formula is C25H18FN5O. The number of halogens is 1. The second-order valence-electron chi connectivity index (χ2n) is 7.44. The smallest absolute Gasteiger partial charge is 0.302 e. The van der Waals surface area contributed by atoms with Crippen molar-refractivity contribution < 1.29 is 4.39 Å². The van der Waals surface area contributed by atoms with Crippen LogP contribution in [0.5, 0.6) is 0 Å². The van der Waals surface area contributed by atoms with Gasteiger partial charge < -0.3 is 4.57 Å². The maximum Gasteiger partial charge on any atom is 0.329 e. The fraction of sp³-hybridized carbons (Fsp3) is 0.0800. The quantitative estimate of drug-likeness (QED) is 0.422. The summed E-state index contributed by atoms with van der Waals surface area (Å²) in [5, 5.41) is 8.96. The Bertz CT molecular complexity index is 1600. The molecule has 5 aromatic rings. The van der Waals surface area contributed by atoms with Crippen LogP contribution in [0.4, 0.5) is 4.39 Å². The van der Waals surface area contributed by atoms with Gasteiger partial charge in [-0.15, -0.1) is 0 Å². The summed E-state index contributed by atoms with van der Waals surface area (Å²) in [6.45, 7) is 4.34. The predicted octanol–water partition coefficient (Wildman–Crippen LogP) is 4.36. The van der Waals surface area contributed by atoms with Gasteiger partial charge in [0.25, 0.3) is 0 Å². The maximum absolute atomic E-state index is 14.1. The highest BCUT2D eigenvalue weighted by Crippen LogP contribution is 2.20. The van der Waals surface area contributed by atoms with Crippen molar-refractivity contribution in [1.29, 1.82) is 5.26 Å². The molecule has 2 aromatic heterocycles. The molecule has 0 aliphatic rings. The molecule has 0 saturated carbocycles. The van der Waals surface area contributed by atoms with E-state index in [4.69, 9.17) is 10.2 Å². The predicted molar refractivity (Wildman–Crippen MR) is 122 cm³/mol. The van der Waals surface area contributed by atoms with E-state index >= 15 is 0 Å². The van der Waals surface area contributed by atoms with Crippen LogP contribution in [0.2, 0.25) is 0 Å². The van der Waals surface area contributed by atoms with Crippen molar-refractivity contribution in [3.05, 3.63) is 107 Å². The lowest BCUT2D eigenvalue weighted by atomic mass is 10.1. The lowest BCUT2D eigenvalue weighted by Crippen LogP contribution is -2.26. The van der Waals surface area contributed by atoms with E-state index in [1.807, 2.05) is 59.2 Å². The van der Waals surface area contributed by atoms with E-state index < -0.39 is 5.82 Å². The molecule has 0 fully saturated rings. The molecule has 0 amide bonds. The number of nitrogens with zero attached hydrogens (tertiary/aromatic N) is 5. The zero-order valence-electron chi connectivity index (χ0n) is 17.1. The molecule has 0 N–H and O–H groups in total. The first-order valence-corrected chi connectivity index (χ1v) is 10.1. The topological polar surface area (TPSA) is 68.5 Å². The Balaban J connectivity index is 1.62. The van der Waals surface area contributed by atoms with Crippen molar-refractivity contribution in [1.82, 2.24) is 18.7 Å². The molecule has 7 heteroatoms. The van der Waals surface area contributed by atoms with Crippen LogP contribution in [-0.4, -0.2) is 18.7 Å². The largest absolute Gasteiger partial charge is 0.329 e. The monoisotopic (exact) mass is 423 g/mol. The van der Waals surface area contributed by atoms with Gasteiger partial charge in [0.2, 0.25) is 0 Å². The highest BCUT2D eigenvalue weighted by Gasteiger charge is 2.17. The Labute approximate surface area is 182 Å². The second kappa shape index (κ2) is 7.67. The van der Waals surface area contributed by atoms with Gasteiger partial charge in [-0.2, -0.15) is 5.26 Å². The number of rotatable bonds is 5. The molecule has 6 nitrogen and oxygen atoms in total. The summed E-state index contributed by atoms with van der Waals surface area (Å²) in [5.41, 5.74) is 3.60. The Morgan fingerprint density at radius 1 is 0.969 bits per heavy atom. The number of benzene rings is 3. The Kier molecular flexibility index (Phi) is 4.68. The zero-order chi connectivity index (χ0) is 22.2. The third kappa shape index (κ3) is 3.10. The molecule has 0 unspecified atom stereocenters. The fourth-order valence-electron chi connectivity index (χ4n) is 4.06. The average Bonchev–Trinajstić information content (AvgIpc) is 3.29. The minimum absolute atomic E-state index is 0.0214. The molecule has 0 aliphatic heterocycles. The molecule has 156 valence electrons. The zero-order valence-corrected chi connectivity index (χ0v) is 17.1. The summed E-state index contributed by atoms with van der Waals surface area (Å²) in [6.07, 6.45) is 1.69. The second-order valence-corrected chi connectivity index (χ2v) is 7.44. The average molecular weight is 423 g/mol. The third-order valence-electron chi connectivity index (χ3n) is 5.57. The maximum atomic E-state index is 14.1. The molecule has 0 aliphatic carbocycles. The van der Waals surface area contributed by atoms with E-state index in [2.05, 4.69) is 6.58 Å². The Hall–Kier alpha value is -4.44. The van der Waals surface area contributed by atoms with Crippen LogP contribution in [-0.2, 0) is 13.1 Å². The lowest BCUT2D eigenvalue weighted by Gasteiger charge is -2.05. The standard InChI is InChI=1S/C25H18FN5O/c1-2-29-21-8-4-3-7-20(21)28-24(29)16-31-23-10-6-5-9-22(23)30(25(31)32)15-17-11-12-18(14-27)19(26)13-17/h2-13H,1,15-16H2. The summed E-state index contributed by atoms with van der Waals surface area (Å²) in [4.78, 5) is 18.1. The normalized spacial score (nSPS) is 11.1. The number of hydrogen-bond acceptors (Lipinski definition) is 3. The van der Waals surface area contributed by atoms with Gasteiger partial charge in [-0.05, 0) is 42.0 Å². The van der Waals surface area contributed by atoms with Gasteiger partial charge in [-0.25, -0.2) is 14.2 Å². The molecule has 0 spiro atoms. The third-order valence-corrected chi connectivity index (χ3v) is 5.57. The number of imidazole rings is 2. The SMILES string of the molecule is C=Cn1c(Cn2c(=O)n(Cc3ccc(C#N)c(F)c3)c3ccccc32)nc2ccccc21. The minimum Gasteiger partial charge on any atom is -0.302 e. The van der Waals surface area contributed by atoms with Crippen LogP contribution in [0.25, 0.3) is 28.3 Å². The van der Waals surface area contributed by atoms with Gasteiger partial charge in [-0.3, -0.25) is 9.13 Å². The van der Waals surface area contributed by atoms with Crippen LogP contribution < -0.4 is 5.69 Å². The van der Waals surface area contributed by atoms with Gasteiger partial charge in [0.15, 0.2) is 0 Å². The van der Waals surface area contributed by atoms with Crippen molar-refractivity contribution in [2.75, 3.05) is 0 Å². The highest BCUT2D eigenvalue weighted by atomic mass is 19.1. The van der Waals surface area contributed by atoms with Gasteiger partial charge in [0.05, 0.1) is 40.7 Å². The number of hydrogen-bond donors (Lipinski definition) is 0. The summed E-state index contributed by atoms with van der Waals surface area (Å²) < 4.78 is 19.3. The van der Waals surface area contributed by atoms with E-state index in [1.54, 1.807) is 21.4 Å².